The highest BCUT2D eigenvalue weighted by molar-refractivity contribution is 5.44. The van der Waals surface area contributed by atoms with E-state index in [2.05, 4.69) is 18.0 Å². The van der Waals surface area contributed by atoms with Gasteiger partial charge in [-0.05, 0) is 37.0 Å². The topological polar surface area (TPSA) is 72.2 Å². The number of carbonyl (C=O) groups is 2. The smallest absolute Gasteiger partial charge is 0.206 e. The van der Waals surface area contributed by atoms with Gasteiger partial charge in [-0.1, -0.05) is 13.3 Å². The molecular formula is C11H22N2O2. The van der Waals surface area contributed by atoms with E-state index < -0.39 is 0 Å². The number of rotatable bonds is 1. The molecule has 88 valence electrons. The van der Waals surface area contributed by atoms with Crippen molar-refractivity contribution >= 4 is 12.8 Å². The number of amides is 2. The molecule has 1 atom stereocenters. The molecule has 2 amide bonds. The monoisotopic (exact) mass is 214 g/mol. The van der Waals surface area contributed by atoms with Crippen LogP contribution < -0.4 is 11.1 Å². The number of nitrogens with two attached hydrogens (primary N) is 1. The molecule has 4 heteroatoms. The molecule has 3 N–H and O–H groups in total. The van der Waals surface area contributed by atoms with Crippen molar-refractivity contribution in [2.75, 3.05) is 7.05 Å². The first-order valence-corrected chi connectivity index (χ1v) is 5.40. The van der Waals surface area contributed by atoms with Gasteiger partial charge in [0, 0.05) is 7.05 Å². The van der Waals surface area contributed by atoms with Gasteiger partial charge >= 0.3 is 0 Å². The van der Waals surface area contributed by atoms with Crippen molar-refractivity contribution in [1.82, 2.24) is 5.32 Å². The Labute approximate surface area is 91.6 Å². The molecule has 4 nitrogen and oxygen atoms in total. The van der Waals surface area contributed by atoms with Crippen LogP contribution in [0.15, 0.2) is 0 Å². The van der Waals surface area contributed by atoms with Crippen LogP contribution in [0, 0.1) is 11.3 Å². The summed E-state index contributed by atoms with van der Waals surface area (Å²) in [5.41, 5.74) is 5.08. The van der Waals surface area contributed by atoms with E-state index in [1.54, 1.807) is 32.7 Å². The Kier molecular flexibility index (Phi) is 6.75. The van der Waals surface area contributed by atoms with Crippen molar-refractivity contribution in [2.24, 2.45) is 17.1 Å². The van der Waals surface area contributed by atoms with Crippen molar-refractivity contribution in [2.45, 2.75) is 39.0 Å². The second-order valence-electron chi connectivity index (χ2n) is 4.39. The summed E-state index contributed by atoms with van der Waals surface area (Å²) in [6, 6.07) is 0. The van der Waals surface area contributed by atoms with Crippen molar-refractivity contribution in [1.29, 1.82) is 0 Å². The van der Waals surface area contributed by atoms with Gasteiger partial charge in [0.2, 0.25) is 12.8 Å². The molecule has 0 saturated heterocycles. The van der Waals surface area contributed by atoms with Crippen molar-refractivity contribution in [3.05, 3.63) is 0 Å². The summed E-state index contributed by atoms with van der Waals surface area (Å²) in [5, 5.41) is 2.25. The fourth-order valence-corrected chi connectivity index (χ4v) is 2.13. The number of carbonyl (C=O) groups excluding carboxylic acids is 2. The zero-order chi connectivity index (χ0) is 11.7. The second kappa shape index (κ2) is 7.26. The Bertz CT molecular complexity index is 191. The zero-order valence-corrected chi connectivity index (χ0v) is 9.66. The van der Waals surface area contributed by atoms with Gasteiger partial charge in [0.25, 0.3) is 0 Å². The quantitative estimate of drug-likeness (QED) is 0.640. The third kappa shape index (κ3) is 6.10. The molecule has 1 spiro atoms. The number of primary amides is 1. The van der Waals surface area contributed by atoms with E-state index in [0.29, 0.717) is 6.41 Å². The van der Waals surface area contributed by atoms with Gasteiger partial charge in [-0.15, -0.1) is 0 Å². The van der Waals surface area contributed by atoms with E-state index in [4.69, 9.17) is 9.59 Å². The normalized spacial score (nSPS) is 24.0. The summed E-state index contributed by atoms with van der Waals surface area (Å²) in [7, 11) is 1.56. The summed E-state index contributed by atoms with van der Waals surface area (Å²) >= 11 is 0. The average Bonchev–Trinajstić information content (AvgIpc) is 2.86. The zero-order valence-electron chi connectivity index (χ0n) is 9.66. The van der Waals surface area contributed by atoms with Gasteiger partial charge < -0.3 is 11.1 Å². The van der Waals surface area contributed by atoms with Crippen LogP contribution in [0.25, 0.3) is 0 Å². The molecule has 2 aliphatic carbocycles. The van der Waals surface area contributed by atoms with E-state index in [1.807, 2.05) is 0 Å². The Morgan fingerprint density at radius 1 is 1.33 bits per heavy atom. The lowest BCUT2D eigenvalue weighted by molar-refractivity contribution is -0.109. The highest BCUT2D eigenvalue weighted by Gasteiger charge is 2.46. The minimum Gasteiger partial charge on any atom is -0.372 e. The Balaban J connectivity index is 0.000000242. The lowest BCUT2D eigenvalue weighted by Gasteiger charge is -2.00. The molecule has 2 rings (SSSR count). The summed E-state index contributed by atoms with van der Waals surface area (Å²) in [6.45, 7) is 2.40. The third-order valence-electron chi connectivity index (χ3n) is 3.02. The molecule has 0 aromatic heterocycles. The summed E-state index contributed by atoms with van der Waals surface area (Å²) in [6.07, 6.45) is 8.59. The van der Waals surface area contributed by atoms with Gasteiger partial charge in [0.05, 0.1) is 0 Å². The Morgan fingerprint density at radius 3 is 1.93 bits per heavy atom. The van der Waals surface area contributed by atoms with Gasteiger partial charge in [-0.3, -0.25) is 9.59 Å². The second-order valence-corrected chi connectivity index (χ2v) is 4.39. The predicted molar refractivity (Wildman–Crippen MR) is 60.1 cm³/mol. The first kappa shape index (κ1) is 13.9. The van der Waals surface area contributed by atoms with Crippen LogP contribution in [0.3, 0.4) is 0 Å². The largest absolute Gasteiger partial charge is 0.372 e. The van der Waals surface area contributed by atoms with Gasteiger partial charge in [-0.2, -0.15) is 0 Å². The standard InChI is InChI=1S/C8H14.C2H5NO.CH3NO/c1-7-2-3-8(6-7)4-5-8;1-3-2-4;2-1-3/h7H,2-6H2,1H3;2H,1H3,(H,3,4);1H,(H2,2,3). The maximum atomic E-state index is 9.06. The molecular weight excluding hydrogens is 192 g/mol. The van der Waals surface area contributed by atoms with E-state index in [-0.39, 0.29) is 6.41 Å². The van der Waals surface area contributed by atoms with Crippen LogP contribution in [0.5, 0.6) is 0 Å². The van der Waals surface area contributed by atoms with Crippen molar-refractivity contribution in [3.63, 3.8) is 0 Å². The molecule has 1 unspecified atom stereocenters. The minimum absolute atomic E-state index is 0.250. The fraction of sp³-hybridized carbons (Fsp3) is 0.818. The van der Waals surface area contributed by atoms with Crippen LogP contribution >= 0.6 is 0 Å². The molecule has 2 saturated carbocycles. The third-order valence-corrected chi connectivity index (χ3v) is 3.02. The maximum Gasteiger partial charge on any atom is 0.206 e. The lowest BCUT2D eigenvalue weighted by Crippen LogP contribution is -1.98. The minimum atomic E-state index is 0.250. The highest BCUT2D eigenvalue weighted by Crippen LogP contribution is 2.59. The van der Waals surface area contributed by atoms with Crippen molar-refractivity contribution in [3.8, 4) is 0 Å². The van der Waals surface area contributed by atoms with Crippen LogP contribution in [0.2, 0.25) is 0 Å². The maximum absolute atomic E-state index is 9.06. The van der Waals surface area contributed by atoms with Crippen LogP contribution in [0.1, 0.15) is 39.0 Å². The van der Waals surface area contributed by atoms with Crippen molar-refractivity contribution < 1.29 is 9.59 Å². The predicted octanol–water partition coefficient (Wildman–Crippen LogP) is 1.05. The molecule has 2 fully saturated rings. The first-order valence-electron chi connectivity index (χ1n) is 5.40. The van der Waals surface area contributed by atoms with E-state index in [1.165, 1.54) is 6.42 Å². The molecule has 0 aromatic carbocycles. The van der Waals surface area contributed by atoms with Crippen LogP contribution in [0.4, 0.5) is 0 Å². The molecule has 0 bridgehead atoms. The number of hydrogen-bond acceptors (Lipinski definition) is 2. The molecule has 0 heterocycles. The summed E-state index contributed by atoms with van der Waals surface area (Å²) < 4.78 is 0. The van der Waals surface area contributed by atoms with Crippen LogP contribution in [-0.4, -0.2) is 19.9 Å². The average molecular weight is 214 g/mol. The first-order chi connectivity index (χ1) is 7.14. The van der Waals surface area contributed by atoms with Gasteiger partial charge in [-0.25, -0.2) is 0 Å². The lowest BCUT2D eigenvalue weighted by atomic mass is 10.0. The summed E-state index contributed by atoms with van der Waals surface area (Å²) in [5.74, 6) is 1.05. The molecule has 15 heavy (non-hydrogen) atoms. The number of hydrogen-bond donors (Lipinski definition) is 2. The molecule has 0 radical (unpaired) electrons. The van der Waals surface area contributed by atoms with E-state index >= 15 is 0 Å². The van der Waals surface area contributed by atoms with Gasteiger partial charge in [0.1, 0.15) is 0 Å². The highest BCUT2D eigenvalue weighted by atomic mass is 16.1. The van der Waals surface area contributed by atoms with E-state index in [0.717, 1.165) is 11.3 Å². The molecule has 0 aromatic rings. The fourth-order valence-electron chi connectivity index (χ4n) is 2.13. The molecule has 2 aliphatic rings. The Morgan fingerprint density at radius 2 is 1.80 bits per heavy atom. The molecule has 0 aliphatic heterocycles. The van der Waals surface area contributed by atoms with E-state index in [9.17, 15) is 0 Å². The van der Waals surface area contributed by atoms with Crippen LogP contribution in [-0.2, 0) is 9.59 Å². The summed E-state index contributed by atoms with van der Waals surface area (Å²) in [4.78, 5) is 17.6. The Hall–Kier alpha value is -1.06. The SMILES string of the molecule is CC1CCC2(CC2)C1.CNC=O.NC=O. The van der Waals surface area contributed by atoms with Gasteiger partial charge in [0.15, 0.2) is 0 Å². The number of nitrogens with one attached hydrogen (secondary N) is 1.